The van der Waals surface area contributed by atoms with Gasteiger partial charge in [0, 0.05) is 11.4 Å². The normalized spacial score (nSPS) is 10.3. The molecule has 0 aliphatic rings. The van der Waals surface area contributed by atoms with Crippen LogP contribution in [0.5, 0.6) is 5.75 Å². The maximum atomic E-state index is 11.8. The molecule has 7 heteroatoms. The highest BCUT2D eigenvalue weighted by Crippen LogP contribution is 2.25. The van der Waals surface area contributed by atoms with E-state index in [4.69, 9.17) is 32.7 Å². The van der Waals surface area contributed by atoms with Gasteiger partial charge in [-0.05, 0) is 43.7 Å². The van der Waals surface area contributed by atoms with Crippen LogP contribution in [-0.2, 0) is 14.3 Å². The summed E-state index contributed by atoms with van der Waals surface area (Å²) in [7, 11) is 0. The second-order valence-corrected chi connectivity index (χ2v) is 6.44. The smallest absolute Gasteiger partial charge is 0.306 e. The first-order valence-corrected chi connectivity index (χ1v) is 8.79. The maximum Gasteiger partial charge on any atom is 0.306 e. The molecule has 0 fully saturated rings. The molecule has 26 heavy (non-hydrogen) atoms. The first kappa shape index (κ1) is 20.1. The van der Waals surface area contributed by atoms with Gasteiger partial charge < -0.3 is 14.8 Å². The molecule has 0 aliphatic carbocycles. The summed E-state index contributed by atoms with van der Waals surface area (Å²) in [5, 5.41) is 3.33. The topological polar surface area (TPSA) is 64.6 Å². The summed E-state index contributed by atoms with van der Waals surface area (Å²) >= 11 is 11.7. The van der Waals surface area contributed by atoms with Gasteiger partial charge >= 0.3 is 5.97 Å². The van der Waals surface area contributed by atoms with Gasteiger partial charge in [-0.3, -0.25) is 9.59 Å². The molecule has 2 aromatic rings. The van der Waals surface area contributed by atoms with Gasteiger partial charge in [0.25, 0.3) is 5.91 Å². The van der Waals surface area contributed by atoms with Crippen molar-refractivity contribution in [3.05, 3.63) is 58.1 Å². The maximum absolute atomic E-state index is 11.8. The summed E-state index contributed by atoms with van der Waals surface area (Å²) in [5.74, 6) is -0.184. The van der Waals surface area contributed by atoms with E-state index < -0.39 is 11.9 Å². The van der Waals surface area contributed by atoms with Crippen LogP contribution in [-0.4, -0.2) is 25.1 Å². The highest BCUT2D eigenvalue weighted by molar-refractivity contribution is 6.36. The number of halogens is 2. The van der Waals surface area contributed by atoms with Gasteiger partial charge in [-0.1, -0.05) is 40.9 Å². The Labute approximate surface area is 162 Å². The van der Waals surface area contributed by atoms with Crippen LogP contribution in [0.2, 0.25) is 10.0 Å². The van der Waals surface area contributed by atoms with Crippen LogP contribution in [0.4, 0.5) is 5.69 Å². The minimum atomic E-state index is -0.474. The first-order valence-electron chi connectivity index (χ1n) is 8.04. The lowest BCUT2D eigenvalue weighted by atomic mass is 10.2. The van der Waals surface area contributed by atoms with Crippen molar-refractivity contribution < 1.29 is 19.1 Å². The molecule has 0 spiro atoms. The van der Waals surface area contributed by atoms with Crippen molar-refractivity contribution in [1.82, 2.24) is 0 Å². The Morgan fingerprint density at radius 1 is 1.08 bits per heavy atom. The van der Waals surface area contributed by atoms with Gasteiger partial charge in [-0.2, -0.15) is 0 Å². The number of nitrogens with one attached hydrogen (secondary N) is 1. The Balaban J connectivity index is 1.63. The van der Waals surface area contributed by atoms with E-state index in [-0.39, 0.29) is 13.0 Å². The van der Waals surface area contributed by atoms with Crippen LogP contribution in [0.25, 0.3) is 0 Å². The molecule has 0 atom stereocenters. The SMILES string of the molecule is Cc1ccc(OCCCC(=O)OCC(=O)Nc2ccc(Cl)cc2Cl)cc1. The molecule has 1 amide bonds. The second kappa shape index (κ2) is 10.0. The minimum absolute atomic E-state index is 0.168. The third-order valence-corrected chi connectivity index (χ3v) is 3.93. The van der Waals surface area contributed by atoms with Crippen molar-refractivity contribution in [2.75, 3.05) is 18.5 Å². The van der Waals surface area contributed by atoms with E-state index in [9.17, 15) is 9.59 Å². The Kier molecular flexibility index (Phi) is 7.75. The van der Waals surface area contributed by atoms with Crippen molar-refractivity contribution in [2.45, 2.75) is 19.8 Å². The van der Waals surface area contributed by atoms with E-state index in [0.29, 0.717) is 28.8 Å². The van der Waals surface area contributed by atoms with Crippen LogP contribution in [0.1, 0.15) is 18.4 Å². The number of amides is 1. The third-order valence-electron chi connectivity index (χ3n) is 3.38. The fraction of sp³-hybridized carbons (Fsp3) is 0.263. The molecule has 5 nitrogen and oxygen atoms in total. The van der Waals surface area contributed by atoms with Crippen molar-refractivity contribution in [3.63, 3.8) is 0 Å². The molecular weight excluding hydrogens is 377 g/mol. The highest BCUT2D eigenvalue weighted by Gasteiger charge is 2.10. The Bertz CT molecular complexity index is 763. The lowest BCUT2D eigenvalue weighted by Gasteiger charge is -2.09. The average molecular weight is 396 g/mol. The summed E-state index contributed by atoms with van der Waals surface area (Å²) in [6.45, 7) is 2.01. The van der Waals surface area contributed by atoms with Crippen molar-refractivity contribution in [2.24, 2.45) is 0 Å². The minimum Gasteiger partial charge on any atom is -0.494 e. The average Bonchev–Trinajstić information content (AvgIpc) is 2.61. The molecule has 138 valence electrons. The molecule has 0 saturated carbocycles. The molecule has 0 heterocycles. The van der Waals surface area contributed by atoms with E-state index in [1.165, 1.54) is 6.07 Å². The molecule has 2 rings (SSSR count). The molecule has 0 saturated heterocycles. The van der Waals surface area contributed by atoms with Crippen molar-refractivity contribution in [1.29, 1.82) is 0 Å². The number of hydrogen-bond donors (Lipinski definition) is 1. The number of hydrogen-bond acceptors (Lipinski definition) is 4. The molecule has 0 unspecified atom stereocenters. The Morgan fingerprint density at radius 3 is 2.50 bits per heavy atom. The molecule has 2 aromatic carbocycles. The summed E-state index contributed by atoms with van der Waals surface area (Å²) in [6, 6.07) is 12.3. The van der Waals surface area contributed by atoms with Crippen LogP contribution in [0.3, 0.4) is 0 Å². The van der Waals surface area contributed by atoms with E-state index in [2.05, 4.69) is 5.32 Å². The van der Waals surface area contributed by atoms with E-state index in [1.807, 2.05) is 31.2 Å². The number of esters is 1. The summed E-state index contributed by atoms with van der Waals surface area (Å²) < 4.78 is 10.5. The predicted octanol–water partition coefficient (Wildman–Crippen LogP) is 4.64. The molecule has 0 aromatic heterocycles. The molecular formula is C19H19Cl2NO4. The van der Waals surface area contributed by atoms with Crippen LogP contribution in [0.15, 0.2) is 42.5 Å². The second-order valence-electron chi connectivity index (χ2n) is 5.60. The zero-order valence-corrected chi connectivity index (χ0v) is 15.8. The molecule has 0 bridgehead atoms. The number of ether oxygens (including phenoxy) is 2. The summed E-state index contributed by atoms with van der Waals surface area (Å²) in [5.41, 5.74) is 1.56. The van der Waals surface area contributed by atoms with Gasteiger partial charge in [-0.25, -0.2) is 0 Å². The largest absolute Gasteiger partial charge is 0.494 e. The van der Waals surface area contributed by atoms with Gasteiger partial charge in [0.1, 0.15) is 5.75 Å². The van der Waals surface area contributed by atoms with Gasteiger partial charge in [0.2, 0.25) is 0 Å². The van der Waals surface area contributed by atoms with Crippen molar-refractivity contribution in [3.8, 4) is 5.75 Å². The van der Waals surface area contributed by atoms with Gasteiger partial charge in [-0.15, -0.1) is 0 Å². The standard InChI is InChI=1S/C19H19Cl2NO4/c1-13-4-7-15(8-5-13)25-10-2-3-19(24)26-12-18(23)22-17-9-6-14(20)11-16(17)21/h4-9,11H,2-3,10,12H2,1H3,(H,22,23). The van der Waals surface area contributed by atoms with Gasteiger partial charge in [0.05, 0.1) is 17.3 Å². The fourth-order valence-electron chi connectivity index (χ4n) is 2.04. The van der Waals surface area contributed by atoms with E-state index in [1.54, 1.807) is 12.1 Å². The Hall–Kier alpha value is -2.24. The number of rotatable bonds is 8. The van der Waals surface area contributed by atoms with Crippen LogP contribution >= 0.6 is 23.2 Å². The van der Waals surface area contributed by atoms with E-state index >= 15 is 0 Å². The molecule has 1 N–H and O–H groups in total. The summed E-state index contributed by atoms with van der Waals surface area (Å²) in [6.07, 6.45) is 0.665. The lowest BCUT2D eigenvalue weighted by Crippen LogP contribution is -2.21. The highest BCUT2D eigenvalue weighted by atomic mass is 35.5. The van der Waals surface area contributed by atoms with Crippen LogP contribution in [0, 0.1) is 6.92 Å². The third kappa shape index (κ3) is 6.94. The number of carbonyl (C=O) groups is 2. The molecule has 0 radical (unpaired) electrons. The number of benzene rings is 2. The zero-order chi connectivity index (χ0) is 18.9. The Morgan fingerprint density at radius 2 is 1.81 bits per heavy atom. The van der Waals surface area contributed by atoms with E-state index in [0.717, 1.165) is 11.3 Å². The number of aryl methyl sites for hydroxylation is 1. The van der Waals surface area contributed by atoms with Crippen LogP contribution < -0.4 is 10.1 Å². The fourth-order valence-corrected chi connectivity index (χ4v) is 2.49. The predicted molar refractivity (Wildman–Crippen MR) is 102 cm³/mol. The lowest BCUT2D eigenvalue weighted by molar-refractivity contribution is -0.147. The quantitative estimate of drug-likeness (QED) is 0.522. The zero-order valence-electron chi connectivity index (χ0n) is 14.3. The number of anilines is 1. The molecule has 0 aliphatic heterocycles. The van der Waals surface area contributed by atoms with Gasteiger partial charge in [0.15, 0.2) is 6.61 Å². The number of carbonyl (C=O) groups excluding carboxylic acids is 2. The monoisotopic (exact) mass is 395 g/mol. The summed E-state index contributed by atoms with van der Waals surface area (Å²) in [4.78, 5) is 23.5. The van der Waals surface area contributed by atoms with Crippen molar-refractivity contribution >= 4 is 40.8 Å². The first-order chi connectivity index (χ1) is 12.4.